The molecule has 4 heteroatoms. The normalized spacial score (nSPS) is 20.7. The summed E-state index contributed by atoms with van der Waals surface area (Å²) in [7, 11) is 0. The third-order valence-corrected chi connectivity index (χ3v) is 2.80. The second-order valence-corrected chi connectivity index (χ2v) is 3.92. The smallest absolute Gasteiger partial charge is 0.255 e. The van der Waals surface area contributed by atoms with Crippen molar-refractivity contribution in [3.05, 3.63) is 34.2 Å². The Labute approximate surface area is 88.7 Å². The van der Waals surface area contributed by atoms with Crippen molar-refractivity contribution in [2.75, 3.05) is 13.2 Å². The van der Waals surface area contributed by atoms with Gasteiger partial charge in [-0.3, -0.25) is 4.79 Å². The second kappa shape index (κ2) is 4.59. The molecule has 1 unspecified atom stereocenters. The summed E-state index contributed by atoms with van der Waals surface area (Å²) < 4.78 is 7.02. The molecule has 1 atom stereocenters. The van der Waals surface area contributed by atoms with Crippen LogP contribution in [0.5, 0.6) is 0 Å². The van der Waals surface area contributed by atoms with E-state index in [1.807, 2.05) is 12.3 Å². The number of pyridine rings is 1. The molecule has 0 aliphatic carbocycles. The molecule has 2 N–H and O–H groups in total. The fourth-order valence-corrected chi connectivity index (χ4v) is 1.89. The van der Waals surface area contributed by atoms with Gasteiger partial charge in [0.15, 0.2) is 0 Å². The van der Waals surface area contributed by atoms with E-state index in [9.17, 15) is 4.79 Å². The summed E-state index contributed by atoms with van der Waals surface area (Å²) in [5.74, 6) is 0.468. The topological polar surface area (TPSA) is 57.2 Å². The minimum absolute atomic E-state index is 0.0342. The van der Waals surface area contributed by atoms with Crippen molar-refractivity contribution < 1.29 is 4.74 Å². The van der Waals surface area contributed by atoms with Crippen LogP contribution in [0.2, 0.25) is 0 Å². The molecule has 0 saturated carbocycles. The average molecular weight is 208 g/mol. The van der Waals surface area contributed by atoms with Gasteiger partial charge in [-0.1, -0.05) is 6.07 Å². The van der Waals surface area contributed by atoms with Crippen LogP contribution >= 0.6 is 0 Å². The predicted molar refractivity (Wildman–Crippen MR) is 57.5 cm³/mol. The maximum absolute atomic E-state index is 11.8. The lowest BCUT2D eigenvalue weighted by atomic mass is 10.1. The molecule has 2 rings (SSSR count). The third kappa shape index (κ3) is 2.27. The maximum atomic E-state index is 11.8. The zero-order chi connectivity index (χ0) is 10.7. The summed E-state index contributed by atoms with van der Waals surface area (Å²) in [6, 6.07) is 3.66. The summed E-state index contributed by atoms with van der Waals surface area (Å²) >= 11 is 0. The van der Waals surface area contributed by atoms with E-state index in [0.29, 0.717) is 18.0 Å². The number of nitrogens with two attached hydrogens (primary N) is 1. The van der Waals surface area contributed by atoms with E-state index in [0.717, 1.165) is 26.2 Å². The highest BCUT2D eigenvalue weighted by atomic mass is 16.5. The highest BCUT2D eigenvalue weighted by Gasteiger charge is 2.16. The minimum atomic E-state index is 0.0342. The van der Waals surface area contributed by atoms with Crippen LogP contribution in [-0.4, -0.2) is 17.8 Å². The van der Waals surface area contributed by atoms with Gasteiger partial charge in [0.25, 0.3) is 5.56 Å². The first-order valence-electron chi connectivity index (χ1n) is 5.27. The molecule has 1 aromatic heterocycles. The molecule has 15 heavy (non-hydrogen) atoms. The van der Waals surface area contributed by atoms with Crippen LogP contribution in [-0.2, 0) is 17.8 Å². The molecule has 0 amide bonds. The molecule has 0 radical (unpaired) electrons. The molecular formula is C11H16N2O2. The van der Waals surface area contributed by atoms with E-state index in [-0.39, 0.29) is 5.56 Å². The van der Waals surface area contributed by atoms with E-state index in [2.05, 4.69) is 0 Å². The van der Waals surface area contributed by atoms with Gasteiger partial charge in [0.05, 0.1) is 6.61 Å². The Kier molecular flexibility index (Phi) is 3.18. The Morgan fingerprint density at radius 2 is 2.47 bits per heavy atom. The monoisotopic (exact) mass is 208 g/mol. The molecule has 0 aromatic carbocycles. The van der Waals surface area contributed by atoms with Crippen molar-refractivity contribution >= 4 is 0 Å². The average Bonchev–Trinajstić information content (AvgIpc) is 2.74. The second-order valence-electron chi connectivity index (χ2n) is 3.92. The van der Waals surface area contributed by atoms with Crippen LogP contribution in [0.15, 0.2) is 23.1 Å². The van der Waals surface area contributed by atoms with Crippen molar-refractivity contribution in [3.8, 4) is 0 Å². The number of nitrogens with zero attached hydrogens (tertiary/aromatic N) is 1. The molecule has 0 spiro atoms. The Balaban J connectivity index is 2.17. The van der Waals surface area contributed by atoms with Crippen molar-refractivity contribution in [1.29, 1.82) is 0 Å². The minimum Gasteiger partial charge on any atom is -0.381 e. The van der Waals surface area contributed by atoms with Gasteiger partial charge in [-0.2, -0.15) is 0 Å². The fourth-order valence-electron chi connectivity index (χ4n) is 1.89. The molecule has 4 nitrogen and oxygen atoms in total. The van der Waals surface area contributed by atoms with Crippen molar-refractivity contribution in [3.63, 3.8) is 0 Å². The van der Waals surface area contributed by atoms with Crippen LogP contribution < -0.4 is 11.3 Å². The lowest BCUT2D eigenvalue weighted by Gasteiger charge is -2.11. The lowest BCUT2D eigenvalue weighted by molar-refractivity contribution is 0.182. The SMILES string of the molecule is NCc1cccn(CC2CCOC2)c1=O. The number of hydrogen-bond acceptors (Lipinski definition) is 3. The molecule has 1 fully saturated rings. The first-order chi connectivity index (χ1) is 7.31. The summed E-state index contributed by atoms with van der Waals surface area (Å²) in [6.07, 6.45) is 2.86. The highest BCUT2D eigenvalue weighted by molar-refractivity contribution is 5.09. The fraction of sp³-hybridized carbons (Fsp3) is 0.545. The van der Waals surface area contributed by atoms with Gasteiger partial charge < -0.3 is 15.0 Å². The van der Waals surface area contributed by atoms with Crippen molar-refractivity contribution in [1.82, 2.24) is 4.57 Å². The standard InChI is InChI=1S/C11H16N2O2/c12-6-10-2-1-4-13(11(10)14)7-9-3-5-15-8-9/h1-2,4,9H,3,5-8,12H2. The van der Waals surface area contributed by atoms with E-state index >= 15 is 0 Å². The molecule has 1 aromatic rings. The number of rotatable bonds is 3. The third-order valence-electron chi connectivity index (χ3n) is 2.80. The predicted octanol–water partition coefficient (Wildman–Crippen LogP) is 0.343. The Morgan fingerprint density at radius 1 is 1.60 bits per heavy atom. The van der Waals surface area contributed by atoms with Gasteiger partial charge in [-0.25, -0.2) is 0 Å². The molecule has 1 aliphatic rings. The molecular weight excluding hydrogens is 192 g/mol. The summed E-state index contributed by atoms with van der Waals surface area (Å²) in [5, 5.41) is 0. The molecule has 1 aliphatic heterocycles. The van der Waals surface area contributed by atoms with Crippen LogP contribution in [0.3, 0.4) is 0 Å². The number of aromatic nitrogens is 1. The van der Waals surface area contributed by atoms with E-state index in [1.54, 1.807) is 10.6 Å². The summed E-state index contributed by atoms with van der Waals surface area (Å²) in [4.78, 5) is 11.8. The Morgan fingerprint density at radius 3 is 3.13 bits per heavy atom. The van der Waals surface area contributed by atoms with E-state index in [1.165, 1.54) is 0 Å². The van der Waals surface area contributed by atoms with E-state index in [4.69, 9.17) is 10.5 Å². The van der Waals surface area contributed by atoms with Crippen LogP contribution in [0.25, 0.3) is 0 Å². The maximum Gasteiger partial charge on any atom is 0.255 e. The first-order valence-corrected chi connectivity index (χ1v) is 5.27. The first kappa shape index (κ1) is 10.4. The zero-order valence-corrected chi connectivity index (χ0v) is 8.69. The largest absolute Gasteiger partial charge is 0.381 e. The molecule has 82 valence electrons. The quantitative estimate of drug-likeness (QED) is 0.779. The van der Waals surface area contributed by atoms with Crippen LogP contribution in [0, 0.1) is 5.92 Å². The summed E-state index contributed by atoms with van der Waals surface area (Å²) in [6.45, 7) is 2.63. The Bertz CT molecular complexity index is 380. The van der Waals surface area contributed by atoms with Crippen molar-refractivity contribution in [2.24, 2.45) is 11.7 Å². The van der Waals surface area contributed by atoms with Gasteiger partial charge in [0, 0.05) is 37.4 Å². The molecule has 2 heterocycles. The van der Waals surface area contributed by atoms with Crippen LogP contribution in [0.1, 0.15) is 12.0 Å². The Hall–Kier alpha value is -1.13. The summed E-state index contributed by atoms with van der Waals surface area (Å²) in [5.41, 5.74) is 6.20. The molecule has 1 saturated heterocycles. The van der Waals surface area contributed by atoms with Crippen LogP contribution in [0.4, 0.5) is 0 Å². The van der Waals surface area contributed by atoms with Gasteiger partial charge in [0.1, 0.15) is 0 Å². The van der Waals surface area contributed by atoms with Gasteiger partial charge >= 0.3 is 0 Å². The van der Waals surface area contributed by atoms with Crippen molar-refractivity contribution in [2.45, 2.75) is 19.5 Å². The lowest BCUT2D eigenvalue weighted by Crippen LogP contribution is -2.27. The van der Waals surface area contributed by atoms with Gasteiger partial charge in [-0.05, 0) is 12.5 Å². The van der Waals surface area contributed by atoms with Gasteiger partial charge in [0.2, 0.25) is 0 Å². The number of hydrogen-bond donors (Lipinski definition) is 1. The van der Waals surface area contributed by atoms with Gasteiger partial charge in [-0.15, -0.1) is 0 Å². The zero-order valence-electron chi connectivity index (χ0n) is 8.69. The highest BCUT2D eigenvalue weighted by Crippen LogP contribution is 2.13. The molecule has 0 bridgehead atoms. The number of ether oxygens (including phenoxy) is 1. The van der Waals surface area contributed by atoms with E-state index < -0.39 is 0 Å².